The van der Waals surface area contributed by atoms with Crippen LogP contribution in [0.1, 0.15) is 18.1 Å². The highest BCUT2D eigenvalue weighted by molar-refractivity contribution is 5.43. The van der Waals surface area contributed by atoms with Crippen molar-refractivity contribution in [1.29, 1.82) is 0 Å². The van der Waals surface area contributed by atoms with E-state index in [9.17, 15) is 8.78 Å². The molecule has 3 nitrogen and oxygen atoms in total. The van der Waals surface area contributed by atoms with Crippen molar-refractivity contribution >= 4 is 0 Å². The molecule has 0 heterocycles. The fraction of sp³-hybridized carbons (Fsp3) is 0.250. The number of rotatable bonds is 6. The van der Waals surface area contributed by atoms with E-state index in [1.165, 1.54) is 12.1 Å². The molecule has 0 aliphatic rings. The number of benzene rings is 2. The molecule has 0 saturated carbocycles. The fourth-order valence-electron chi connectivity index (χ4n) is 1.83. The molecule has 0 saturated heterocycles. The molecule has 2 rings (SSSR count). The summed E-state index contributed by atoms with van der Waals surface area (Å²) in [6.45, 7) is 2.13. The van der Waals surface area contributed by atoms with E-state index >= 15 is 0 Å². The molecule has 0 bridgehead atoms. The molecule has 0 spiro atoms. The van der Waals surface area contributed by atoms with Gasteiger partial charge in [-0.3, -0.25) is 0 Å². The second-order valence-electron chi connectivity index (χ2n) is 4.40. The van der Waals surface area contributed by atoms with Crippen LogP contribution >= 0.6 is 0 Å². The quantitative estimate of drug-likeness (QED) is 0.887. The Morgan fingerprint density at radius 3 is 2.48 bits per heavy atom. The van der Waals surface area contributed by atoms with E-state index in [4.69, 9.17) is 14.6 Å². The molecule has 112 valence electrons. The minimum atomic E-state index is -0.653. The van der Waals surface area contributed by atoms with Crippen molar-refractivity contribution in [2.45, 2.75) is 20.1 Å². The highest BCUT2D eigenvalue weighted by Gasteiger charge is 2.09. The minimum Gasteiger partial charge on any atom is -0.490 e. The molecule has 0 fully saturated rings. The highest BCUT2D eigenvalue weighted by Crippen LogP contribution is 2.29. The zero-order valence-corrected chi connectivity index (χ0v) is 11.6. The predicted octanol–water partition coefficient (Wildman–Crippen LogP) is 3.43. The maximum atomic E-state index is 13.5. The van der Waals surface area contributed by atoms with Gasteiger partial charge in [-0.2, -0.15) is 0 Å². The smallest absolute Gasteiger partial charge is 0.161 e. The van der Waals surface area contributed by atoms with E-state index in [1.54, 1.807) is 18.2 Å². The molecule has 0 aliphatic heterocycles. The zero-order valence-electron chi connectivity index (χ0n) is 11.6. The van der Waals surface area contributed by atoms with Gasteiger partial charge in [-0.05, 0) is 36.8 Å². The van der Waals surface area contributed by atoms with E-state index in [1.807, 2.05) is 6.92 Å². The largest absolute Gasteiger partial charge is 0.490 e. The van der Waals surface area contributed by atoms with Crippen LogP contribution in [-0.2, 0) is 13.2 Å². The van der Waals surface area contributed by atoms with Crippen LogP contribution in [0.2, 0.25) is 0 Å². The SMILES string of the molecule is CCOc1cc(CO)ccc1OCc1ccc(F)cc1F. The third-order valence-electron chi connectivity index (χ3n) is 2.89. The second-order valence-corrected chi connectivity index (χ2v) is 4.40. The minimum absolute atomic E-state index is 0.0370. The Morgan fingerprint density at radius 2 is 1.81 bits per heavy atom. The molecule has 21 heavy (non-hydrogen) atoms. The molecular weight excluding hydrogens is 278 g/mol. The van der Waals surface area contributed by atoms with Crippen LogP contribution in [0, 0.1) is 11.6 Å². The summed E-state index contributed by atoms with van der Waals surface area (Å²) < 4.78 is 37.3. The van der Waals surface area contributed by atoms with Gasteiger partial charge in [0.15, 0.2) is 11.5 Å². The standard InChI is InChI=1S/C16H16F2O3/c1-2-20-16-7-11(9-19)3-6-15(16)21-10-12-4-5-13(17)8-14(12)18/h3-8,19H,2,9-10H2,1H3. The summed E-state index contributed by atoms with van der Waals surface area (Å²) in [5.74, 6) is -0.358. The lowest BCUT2D eigenvalue weighted by atomic mass is 10.2. The lowest BCUT2D eigenvalue weighted by Gasteiger charge is -2.13. The molecule has 2 aromatic rings. The van der Waals surface area contributed by atoms with Gasteiger partial charge in [0.1, 0.15) is 18.2 Å². The molecule has 5 heteroatoms. The first kappa shape index (κ1) is 15.3. The van der Waals surface area contributed by atoms with Crippen molar-refractivity contribution in [3.63, 3.8) is 0 Å². The monoisotopic (exact) mass is 294 g/mol. The third kappa shape index (κ3) is 3.92. The number of hydrogen-bond acceptors (Lipinski definition) is 3. The number of aliphatic hydroxyl groups is 1. The highest BCUT2D eigenvalue weighted by atomic mass is 19.1. The van der Waals surface area contributed by atoms with Crippen molar-refractivity contribution in [2.24, 2.45) is 0 Å². The molecule has 1 N–H and O–H groups in total. The van der Waals surface area contributed by atoms with Crippen molar-refractivity contribution in [3.8, 4) is 11.5 Å². The summed E-state index contributed by atoms with van der Waals surface area (Å²) in [5.41, 5.74) is 0.948. The molecule has 0 radical (unpaired) electrons. The number of hydrogen-bond donors (Lipinski definition) is 1. The Labute approximate surface area is 121 Å². The maximum absolute atomic E-state index is 13.5. The van der Waals surface area contributed by atoms with Crippen molar-refractivity contribution in [2.75, 3.05) is 6.61 Å². The first-order valence-corrected chi connectivity index (χ1v) is 6.57. The summed E-state index contributed by atoms with van der Waals surface area (Å²) in [7, 11) is 0. The Morgan fingerprint density at radius 1 is 1.00 bits per heavy atom. The zero-order chi connectivity index (χ0) is 15.2. The van der Waals surface area contributed by atoms with Gasteiger partial charge in [-0.25, -0.2) is 8.78 Å². The van der Waals surface area contributed by atoms with Gasteiger partial charge < -0.3 is 14.6 Å². The van der Waals surface area contributed by atoms with Crippen LogP contribution in [0.4, 0.5) is 8.78 Å². The summed E-state index contributed by atoms with van der Waals surface area (Å²) >= 11 is 0. The molecule has 0 atom stereocenters. The average Bonchev–Trinajstić information content (AvgIpc) is 2.47. The Hall–Kier alpha value is -2.14. The fourth-order valence-corrected chi connectivity index (χ4v) is 1.83. The third-order valence-corrected chi connectivity index (χ3v) is 2.89. The molecule has 0 amide bonds. The first-order valence-electron chi connectivity index (χ1n) is 6.57. The van der Waals surface area contributed by atoms with E-state index < -0.39 is 11.6 Å². The van der Waals surface area contributed by atoms with Gasteiger partial charge in [0.05, 0.1) is 13.2 Å². The summed E-state index contributed by atoms with van der Waals surface area (Å²) in [6.07, 6.45) is 0. The number of halogens is 2. The van der Waals surface area contributed by atoms with Crippen LogP contribution in [0.3, 0.4) is 0 Å². The normalized spacial score (nSPS) is 10.5. The first-order chi connectivity index (χ1) is 10.1. The van der Waals surface area contributed by atoms with E-state index in [0.29, 0.717) is 23.7 Å². The lowest BCUT2D eigenvalue weighted by Crippen LogP contribution is -2.02. The van der Waals surface area contributed by atoms with Crippen molar-refractivity contribution in [3.05, 3.63) is 59.2 Å². The average molecular weight is 294 g/mol. The van der Waals surface area contributed by atoms with Crippen LogP contribution in [-0.4, -0.2) is 11.7 Å². The van der Waals surface area contributed by atoms with Crippen molar-refractivity contribution < 1.29 is 23.4 Å². The van der Waals surface area contributed by atoms with Gasteiger partial charge in [0.2, 0.25) is 0 Å². The summed E-state index contributed by atoms with van der Waals surface area (Å²) in [5, 5.41) is 9.11. The predicted molar refractivity (Wildman–Crippen MR) is 74.2 cm³/mol. The topological polar surface area (TPSA) is 38.7 Å². The van der Waals surface area contributed by atoms with Crippen LogP contribution < -0.4 is 9.47 Å². The molecule has 2 aromatic carbocycles. The Balaban J connectivity index is 2.15. The van der Waals surface area contributed by atoms with Crippen LogP contribution in [0.25, 0.3) is 0 Å². The summed E-state index contributed by atoms with van der Waals surface area (Å²) in [6, 6.07) is 8.35. The molecule has 0 unspecified atom stereocenters. The molecular formula is C16H16F2O3. The van der Waals surface area contributed by atoms with E-state index in [2.05, 4.69) is 0 Å². The molecule has 0 aromatic heterocycles. The van der Waals surface area contributed by atoms with Gasteiger partial charge in [0, 0.05) is 11.6 Å². The number of aliphatic hydroxyl groups excluding tert-OH is 1. The van der Waals surface area contributed by atoms with E-state index in [0.717, 1.165) is 6.07 Å². The van der Waals surface area contributed by atoms with Gasteiger partial charge in [-0.1, -0.05) is 6.07 Å². The number of ether oxygens (including phenoxy) is 2. The van der Waals surface area contributed by atoms with Gasteiger partial charge >= 0.3 is 0 Å². The summed E-state index contributed by atoms with van der Waals surface area (Å²) in [4.78, 5) is 0. The van der Waals surface area contributed by atoms with Crippen molar-refractivity contribution in [1.82, 2.24) is 0 Å². The lowest BCUT2D eigenvalue weighted by molar-refractivity contribution is 0.261. The Kier molecular flexibility index (Phi) is 5.11. The van der Waals surface area contributed by atoms with Crippen LogP contribution in [0.5, 0.6) is 11.5 Å². The Bertz CT molecular complexity index is 614. The van der Waals surface area contributed by atoms with E-state index in [-0.39, 0.29) is 18.8 Å². The second kappa shape index (κ2) is 7.04. The van der Waals surface area contributed by atoms with Gasteiger partial charge in [-0.15, -0.1) is 0 Å². The molecule has 0 aliphatic carbocycles. The maximum Gasteiger partial charge on any atom is 0.161 e. The van der Waals surface area contributed by atoms with Gasteiger partial charge in [0.25, 0.3) is 0 Å². The van der Waals surface area contributed by atoms with Crippen LogP contribution in [0.15, 0.2) is 36.4 Å².